The summed E-state index contributed by atoms with van der Waals surface area (Å²) < 4.78 is 28.2. The molecule has 0 saturated carbocycles. The zero-order valence-corrected chi connectivity index (χ0v) is 14.9. The first-order valence-electron chi connectivity index (χ1n) is 7.84. The Morgan fingerprint density at radius 2 is 2.12 bits per heavy atom. The van der Waals surface area contributed by atoms with Gasteiger partial charge in [-0.25, -0.2) is 13.4 Å². The Kier molecular flexibility index (Phi) is 3.83. The highest BCUT2D eigenvalue weighted by molar-refractivity contribution is 7.89. The van der Waals surface area contributed by atoms with Crippen LogP contribution in [0, 0.1) is 6.92 Å². The second kappa shape index (κ2) is 5.76. The summed E-state index contributed by atoms with van der Waals surface area (Å²) >= 11 is 1.48. The van der Waals surface area contributed by atoms with Gasteiger partial charge in [0.2, 0.25) is 15.9 Å². The number of rotatable bonds is 2. The molecule has 2 aliphatic rings. The smallest absolute Gasteiger partial charge is 0.243 e. The molecular weight excluding hydrogens is 348 g/mol. The number of fused-ring (bicyclic) bond motifs is 2. The Hall–Kier alpha value is -1.55. The van der Waals surface area contributed by atoms with Crippen LogP contribution >= 0.6 is 11.3 Å². The van der Waals surface area contributed by atoms with Crippen LogP contribution in [0.25, 0.3) is 10.2 Å². The largest absolute Gasteiger partial charge is 0.353 e. The zero-order chi connectivity index (χ0) is 16.9. The Balaban J connectivity index is 1.64. The lowest BCUT2D eigenvalue weighted by Gasteiger charge is -2.42. The summed E-state index contributed by atoms with van der Waals surface area (Å²) in [4.78, 5) is 18.7. The second-order valence-corrected chi connectivity index (χ2v) is 9.24. The van der Waals surface area contributed by atoms with Crippen molar-refractivity contribution in [1.82, 2.24) is 19.5 Å². The summed E-state index contributed by atoms with van der Waals surface area (Å²) in [5.41, 5.74) is 0.813. The number of nitrogens with zero attached hydrogens (tertiary/aromatic N) is 3. The van der Waals surface area contributed by atoms with E-state index in [-0.39, 0.29) is 17.3 Å². The number of thiazole rings is 1. The number of piperazine rings is 2. The van der Waals surface area contributed by atoms with E-state index in [1.807, 2.05) is 6.92 Å². The van der Waals surface area contributed by atoms with Crippen LogP contribution < -0.4 is 5.32 Å². The molecule has 24 heavy (non-hydrogen) atoms. The van der Waals surface area contributed by atoms with Crippen LogP contribution in [0.2, 0.25) is 0 Å². The third-order valence-corrected chi connectivity index (χ3v) is 7.35. The first kappa shape index (κ1) is 15.9. The molecule has 128 valence electrons. The van der Waals surface area contributed by atoms with Crippen molar-refractivity contribution >= 4 is 37.5 Å². The van der Waals surface area contributed by atoms with E-state index in [4.69, 9.17) is 0 Å². The number of hydrogen-bond acceptors (Lipinski definition) is 6. The van der Waals surface area contributed by atoms with E-state index in [0.29, 0.717) is 19.6 Å². The first-order valence-corrected chi connectivity index (χ1v) is 10.1. The van der Waals surface area contributed by atoms with Crippen molar-refractivity contribution in [3.05, 3.63) is 23.2 Å². The quantitative estimate of drug-likeness (QED) is 0.832. The van der Waals surface area contributed by atoms with E-state index >= 15 is 0 Å². The molecule has 1 N–H and O–H groups in total. The molecule has 2 aromatic rings. The number of nitrogens with one attached hydrogen (secondary N) is 1. The van der Waals surface area contributed by atoms with E-state index in [0.717, 1.165) is 21.8 Å². The lowest BCUT2D eigenvalue weighted by Crippen LogP contribution is -2.64. The average molecular weight is 366 g/mol. The van der Waals surface area contributed by atoms with Gasteiger partial charge in [-0.15, -0.1) is 11.3 Å². The third-order valence-electron chi connectivity index (χ3n) is 4.56. The molecule has 4 rings (SSSR count). The number of amides is 1. The normalized spacial score (nSPS) is 23.2. The minimum absolute atomic E-state index is 0.0883. The molecule has 0 bridgehead atoms. The second-order valence-electron chi connectivity index (χ2n) is 6.07. The van der Waals surface area contributed by atoms with Gasteiger partial charge in [-0.2, -0.15) is 4.31 Å². The highest BCUT2D eigenvalue weighted by atomic mass is 32.2. The Morgan fingerprint density at radius 3 is 2.96 bits per heavy atom. The molecule has 1 atom stereocenters. The molecule has 1 aromatic heterocycles. The molecule has 9 heteroatoms. The highest BCUT2D eigenvalue weighted by Crippen LogP contribution is 2.27. The summed E-state index contributed by atoms with van der Waals surface area (Å²) in [5.74, 6) is -0.0883. The van der Waals surface area contributed by atoms with Gasteiger partial charge in [0.15, 0.2) is 0 Å². The van der Waals surface area contributed by atoms with Crippen molar-refractivity contribution in [2.24, 2.45) is 0 Å². The summed E-state index contributed by atoms with van der Waals surface area (Å²) in [6.45, 7) is 4.50. The maximum atomic E-state index is 13.0. The van der Waals surface area contributed by atoms with Crippen LogP contribution in [0.3, 0.4) is 0 Å². The number of benzene rings is 1. The number of carbonyl (C=O) groups is 1. The summed E-state index contributed by atoms with van der Waals surface area (Å²) in [6.07, 6.45) is 0. The maximum Gasteiger partial charge on any atom is 0.243 e. The van der Waals surface area contributed by atoms with E-state index in [2.05, 4.69) is 15.2 Å². The van der Waals surface area contributed by atoms with Crippen LogP contribution in [-0.2, 0) is 14.8 Å². The van der Waals surface area contributed by atoms with Gasteiger partial charge in [-0.05, 0) is 25.1 Å². The van der Waals surface area contributed by atoms with Crippen molar-refractivity contribution in [3.63, 3.8) is 0 Å². The van der Waals surface area contributed by atoms with Gasteiger partial charge >= 0.3 is 0 Å². The molecule has 1 amide bonds. The maximum absolute atomic E-state index is 13.0. The molecule has 0 aliphatic carbocycles. The minimum atomic E-state index is -3.61. The van der Waals surface area contributed by atoms with E-state index < -0.39 is 16.1 Å². The van der Waals surface area contributed by atoms with Crippen LogP contribution in [0.1, 0.15) is 5.01 Å². The fraction of sp³-hybridized carbons (Fsp3) is 0.467. The van der Waals surface area contributed by atoms with Gasteiger partial charge in [-0.3, -0.25) is 9.69 Å². The minimum Gasteiger partial charge on any atom is -0.353 e. The molecule has 3 heterocycles. The summed E-state index contributed by atoms with van der Waals surface area (Å²) in [6, 6.07) is 4.64. The monoisotopic (exact) mass is 366 g/mol. The molecule has 1 unspecified atom stereocenters. The standard InChI is InChI=1S/C15H18N4O3S2/c1-10-17-12-3-2-11(8-14(12)23-10)24(21,22)19-7-6-18-5-4-16-15(20)13(18)9-19/h2-3,8,13H,4-7,9H2,1H3,(H,16,20). The number of aromatic nitrogens is 1. The van der Waals surface area contributed by atoms with Crippen molar-refractivity contribution in [2.45, 2.75) is 17.9 Å². The predicted molar refractivity (Wildman–Crippen MR) is 91.5 cm³/mol. The van der Waals surface area contributed by atoms with Gasteiger partial charge in [-0.1, -0.05) is 0 Å². The number of aryl methyl sites for hydroxylation is 1. The Morgan fingerprint density at radius 1 is 1.29 bits per heavy atom. The van der Waals surface area contributed by atoms with E-state index in [1.54, 1.807) is 18.2 Å². The van der Waals surface area contributed by atoms with Crippen molar-refractivity contribution in [2.75, 3.05) is 32.7 Å². The fourth-order valence-electron chi connectivity index (χ4n) is 3.30. The first-order chi connectivity index (χ1) is 11.4. The van der Waals surface area contributed by atoms with Gasteiger partial charge in [0.25, 0.3) is 0 Å². The number of carbonyl (C=O) groups excluding carboxylic acids is 1. The van der Waals surface area contributed by atoms with Gasteiger partial charge < -0.3 is 5.32 Å². The molecule has 0 spiro atoms. The molecule has 1 aromatic carbocycles. The van der Waals surface area contributed by atoms with Crippen molar-refractivity contribution in [1.29, 1.82) is 0 Å². The lowest BCUT2D eigenvalue weighted by atomic mass is 10.1. The lowest BCUT2D eigenvalue weighted by molar-refractivity contribution is -0.130. The predicted octanol–water partition coefficient (Wildman–Crippen LogP) is 0.409. The van der Waals surface area contributed by atoms with Gasteiger partial charge in [0, 0.05) is 32.7 Å². The SMILES string of the molecule is Cc1nc2ccc(S(=O)(=O)N3CCN4CCNC(=O)C4C3)cc2s1. The molecule has 2 fully saturated rings. The molecule has 7 nitrogen and oxygen atoms in total. The van der Waals surface area contributed by atoms with Crippen LogP contribution in [0.5, 0.6) is 0 Å². The number of hydrogen-bond donors (Lipinski definition) is 1. The molecule has 0 radical (unpaired) electrons. The van der Waals surface area contributed by atoms with Crippen LogP contribution in [0.15, 0.2) is 23.1 Å². The van der Waals surface area contributed by atoms with E-state index in [1.165, 1.54) is 15.6 Å². The van der Waals surface area contributed by atoms with Gasteiger partial charge in [0.1, 0.15) is 6.04 Å². The molecule has 2 saturated heterocycles. The van der Waals surface area contributed by atoms with Crippen molar-refractivity contribution in [3.8, 4) is 0 Å². The molecule has 2 aliphatic heterocycles. The topological polar surface area (TPSA) is 82.6 Å². The number of sulfonamides is 1. The Bertz CT molecular complexity index is 909. The van der Waals surface area contributed by atoms with Crippen molar-refractivity contribution < 1.29 is 13.2 Å². The third kappa shape index (κ3) is 2.61. The van der Waals surface area contributed by atoms with Crippen LogP contribution in [0.4, 0.5) is 0 Å². The highest BCUT2D eigenvalue weighted by Gasteiger charge is 2.39. The van der Waals surface area contributed by atoms with E-state index in [9.17, 15) is 13.2 Å². The fourth-order valence-corrected chi connectivity index (χ4v) is 5.71. The van der Waals surface area contributed by atoms with Gasteiger partial charge in [0.05, 0.1) is 20.1 Å². The zero-order valence-electron chi connectivity index (χ0n) is 13.2. The Labute approximate surface area is 144 Å². The average Bonchev–Trinajstić information content (AvgIpc) is 2.94. The van der Waals surface area contributed by atoms with Crippen LogP contribution in [-0.4, -0.2) is 67.3 Å². The summed E-state index contributed by atoms with van der Waals surface area (Å²) in [7, 11) is -3.61. The summed E-state index contributed by atoms with van der Waals surface area (Å²) in [5, 5.41) is 3.72. The molecular formula is C15H18N4O3S2.